The number of esters is 3. The van der Waals surface area contributed by atoms with E-state index in [9.17, 15) is 24.6 Å². The Morgan fingerprint density at radius 2 is 1.06 bits per heavy atom. The van der Waals surface area contributed by atoms with Gasteiger partial charge in [-0.3, -0.25) is 0 Å². The molecule has 9 heteroatoms. The maximum absolute atomic E-state index is 12.7. The van der Waals surface area contributed by atoms with Gasteiger partial charge in [0.2, 0.25) is 0 Å². The number of rotatable bonds is 7. The lowest BCUT2D eigenvalue weighted by atomic mass is 9.98. The van der Waals surface area contributed by atoms with Gasteiger partial charge in [0, 0.05) is 0 Å². The third kappa shape index (κ3) is 5.95. The second kappa shape index (κ2) is 11.6. The molecule has 9 nitrogen and oxygen atoms in total. The number of carbonyl (C=O) groups excluding carboxylic acids is 3. The monoisotopic (exact) mass is 492 g/mol. The molecule has 2 N–H and O–H groups in total. The summed E-state index contributed by atoms with van der Waals surface area (Å²) in [6, 6.07) is 24.1. The Balaban J connectivity index is 1.52. The van der Waals surface area contributed by atoms with Crippen molar-refractivity contribution in [2.45, 2.75) is 30.7 Å². The van der Waals surface area contributed by atoms with Crippen LogP contribution in [0.4, 0.5) is 0 Å². The van der Waals surface area contributed by atoms with Crippen molar-refractivity contribution in [3.05, 3.63) is 108 Å². The van der Waals surface area contributed by atoms with Crippen molar-refractivity contribution in [2.75, 3.05) is 6.61 Å². The minimum absolute atomic E-state index is 0.186. The standard InChI is InChI=1S/C27H24O9/c28-21-20(16-33-24(29)17-10-4-1-5-11-17)34-27(32)23(36-26(31)19-14-8-3-9-15-19)22(21)35-25(30)18-12-6-2-7-13-18/h1-15,20-23,27-28,32H,16H2/t20?,21-,22-,23?,27-/m0/s1. The van der Waals surface area contributed by atoms with Gasteiger partial charge in [0.1, 0.15) is 18.8 Å². The zero-order valence-corrected chi connectivity index (χ0v) is 19.0. The van der Waals surface area contributed by atoms with Crippen LogP contribution in [0, 0.1) is 0 Å². The van der Waals surface area contributed by atoms with E-state index in [1.807, 2.05) is 0 Å². The Kier molecular flexibility index (Phi) is 8.06. The van der Waals surface area contributed by atoms with Gasteiger partial charge in [-0.25, -0.2) is 14.4 Å². The zero-order chi connectivity index (χ0) is 25.5. The van der Waals surface area contributed by atoms with Crippen molar-refractivity contribution >= 4 is 17.9 Å². The average Bonchev–Trinajstić information content (AvgIpc) is 2.92. The molecule has 1 aliphatic rings. The Labute approximate surface area is 206 Å². The Hall–Kier alpha value is -4.05. The van der Waals surface area contributed by atoms with E-state index in [0.717, 1.165) is 0 Å². The highest BCUT2D eigenvalue weighted by Gasteiger charge is 2.50. The van der Waals surface area contributed by atoms with Gasteiger partial charge in [-0.1, -0.05) is 54.6 Å². The van der Waals surface area contributed by atoms with Crippen LogP contribution in [0.25, 0.3) is 0 Å². The molecule has 1 heterocycles. The predicted molar refractivity (Wildman–Crippen MR) is 125 cm³/mol. The van der Waals surface area contributed by atoms with Crippen LogP contribution in [-0.2, 0) is 18.9 Å². The molecule has 4 rings (SSSR count). The summed E-state index contributed by atoms with van der Waals surface area (Å²) in [6.07, 6.45) is -7.72. The smallest absolute Gasteiger partial charge is 0.338 e. The second-order valence-electron chi connectivity index (χ2n) is 7.99. The minimum Gasteiger partial charge on any atom is -0.459 e. The SMILES string of the molecule is O=C(OCC1O[C@H](O)C(OC(=O)c2ccccc2)[C@@H](OC(=O)c2ccccc2)[C@H]1O)c1ccccc1. The number of ether oxygens (including phenoxy) is 4. The average molecular weight is 492 g/mol. The molecule has 3 aromatic rings. The summed E-state index contributed by atoms with van der Waals surface area (Å²) in [5.41, 5.74) is 0.655. The number of aliphatic hydroxyl groups is 2. The molecule has 0 aromatic heterocycles. The molecule has 0 amide bonds. The molecule has 5 atom stereocenters. The normalized spacial score (nSPS) is 23.3. The lowest BCUT2D eigenvalue weighted by Crippen LogP contribution is -2.61. The highest BCUT2D eigenvalue weighted by molar-refractivity contribution is 5.90. The van der Waals surface area contributed by atoms with Crippen LogP contribution < -0.4 is 0 Å². The molecule has 0 radical (unpaired) electrons. The van der Waals surface area contributed by atoms with Gasteiger partial charge >= 0.3 is 17.9 Å². The second-order valence-corrected chi connectivity index (χ2v) is 7.99. The van der Waals surface area contributed by atoms with E-state index < -0.39 is 55.2 Å². The molecule has 1 aliphatic heterocycles. The highest BCUT2D eigenvalue weighted by Crippen LogP contribution is 2.27. The molecule has 0 saturated carbocycles. The van der Waals surface area contributed by atoms with Crippen molar-refractivity contribution in [2.24, 2.45) is 0 Å². The fourth-order valence-corrected chi connectivity index (χ4v) is 3.65. The van der Waals surface area contributed by atoms with Crippen molar-refractivity contribution < 1.29 is 43.5 Å². The third-order valence-corrected chi connectivity index (χ3v) is 5.53. The molecular formula is C27H24O9. The molecule has 186 valence electrons. The van der Waals surface area contributed by atoms with Gasteiger partial charge in [0.05, 0.1) is 16.7 Å². The van der Waals surface area contributed by atoms with E-state index in [1.165, 1.54) is 24.3 Å². The molecule has 0 aliphatic carbocycles. The topological polar surface area (TPSA) is 129 Å². The molecule has 0 bridgehead atoms. The molecule has 1 saturated heterocycles. The van der Waals surface area contributed by atoms with Crippen molar-refractivity contribution in [3.63, 3.8) is 0 Å². The summed E-state index contributed by atoms with van der Waals surface area (Å²) >= 11 is 0. The first-order chi connectivity index (χ1) is 17.4. The van der Waals surface area contributed by atoms with Crippen molar-refractivity contribution in [1.82, 2.24) is 0 Å². The summed E-state index contributed by atoms with van der Waals surface area (Å²) in [7, 11) is 0. The van der Waals surface area contributed by atoms with Crippen LogP contribution in [0.5, 0.6) is 0 Å². The van der Waals surface area contributed by atoms with Crippen molar-refractivity contribution in [1.29, 1.82) is 0 Å². The fourth-order valence-electron chi connectivity index (χ4n) is 3.65. The third-order valence-electron chi connectivity index (χ3n) is 5.53. The number of hydrogen-bond donors (Lipinski definition) is 2. The van der Waals surface area contributed by atoms with E-state index in [2.05, 4.69) is 0 Å². The molecule has 36 heavy (non-hydrogen) atoms. The quantitative estimate of drug-likeness (QED) is 0.377. The highest BCUT2D eigenvalue weighted by atomic mass is 16.7. The van der Waals surface area contributed by atoms with Gasteiger partial charge in [0.25, 0.3) is 0 Å². The van der Waals surface area contributed by atoms with Crippen LogP contribution >= 0.6 is 0 Å². The van der Waals surface area contributed by atoms with E-state index in [0.29, 0.717) is 0 Å². The largest absolute Gasteiger partial charge is 0.459 e. The van der Waals surface area contributed by atoms with Crippen LogP contribution in [0.1, 0.15) is 31.1 Å². The molecule has 2 unspecified atom stereocenters. The summed E-state index contributed by atoms with van der Waals surface area (Å²) in [4.78, 5) is 37.7. The van der Waals surface area contributed by atoms with Gasteiger partial charge in [-0.05, 0) is 36.4 Å². The van der Waals surface area contributed by atoms with E-state index in [4.69, 9.17) is 18.9 Å². The first kappa shape index (κ1) is 25.1. The summed E-state index contributed by atoms with van der Waals surface area (Å²) in [5, 5.41) is 21.6. The molecule has 0 spiro atoms. The van der Waals surface area contributed by atoms with E-state index in [1.54, 1.807) is 66.7 Å². The lowest BCUT2D eigenvalue weighted by Gasteiger charge is -2.41. The molecule has 1 fully saturated rings. The number of benzene rings is 3. The minimum atomic E-state index is -1.78. The number of carbonyl (C=O) groups is 3. The first-order valence-corrected chi connectivity index (χ1v) is 11.2. The van der Waals surface area contributed by atoms with E-state index in [-0.39, 0.29) is 16.7 Å². The van der Waals surface area contributed by atoms with Crippen LogP contribution in [0.15, 0.2) is 91.0 Å². The summed E-state index contributed by atoms with van der Waals surface area (Å²) in [6.45, 7) is -0.454. The maximum atomic E-state index is 12.7. The van der Waals surface area contributed by atoms with Gasteiger partial charge in [-0.15, -0.1) is 0 Å². The maximum Gasteiger partial charge on any atom is 0.338 e. The van der Waals surface area contributed by atoms with E-state index >= 15 is 0 Å². The molecular weight excluding hydrogens is 468 g/mol. The Morgan fingerprint density at radius 3 is 1.53 bits per heavy atom. The van der Waals surface area contributed by atoms with Crippen LogP contribution in [0.3, 0.4) is 0 Å². The van der Waals surface area contributed by atoms with Crippen LogP contribution in [0.2, 0.25) is 0 Å². The van der Waals surface area contributed by atoms with Gasteiger partial charge < -0.3 is 29.2 Å². The van der Waals surface area contributed by atoms with Gasteiger partial charge in [0.15, 0.2) is 18.5 Å². The summed E-state index contributed by atoms with van der Waals surface area (Å²) in [5.74, 6) is -2.30. The fraction of sp³-hybridized carbons (Fsp3) is 0.222. The first-order valence-electron chi connectivity index (χ1n) is 11.2. The number of hydrogen-bond acceptors (Lipinski definition) is 9. The Bertz CT molecular complexity index is 1170. The lowest BCUT2D eigenvalue weighted by molar-refractivity contribution is -0.284. The van der Waals surface area contributed by atoms with Crippen LogP contribution in [-0.4, -0.2) is 65.4 Å². The summed E-state index contributed by atoms with van der Waals surface area (Å²) < 4.78 is 21.5. The van der Waals surface area contributed by atoms with Crippen molar-refractivity contribution in [3.8, 4) is 0 Å². The predicted octanol–water partition coefficient (Wildman–Crippen LogP) is 2.37. The molecule has 3 aromatic carbocycles. The van der Waals surface area contributed by atoms with Gasteiger partial charge in [-0.2, -0.15) is 0 Å². The zero-order valence-electron chi connectivity index (χ0n) is 19.0. The Morgan fingerprint density at radius 1 is 0.639 bits per heavy atom. The number of aliphatic hydroxyl groups excluding tert-OH is 2.